The largest absolute Gasteiger partial charge is 0.485 e. The Labute approximate surface area is 216 Å². The van der Waals surface area contributed by atoms with E-state index in [0.29, 0.717) is 5.56 Å². The fraction of sp³-hybridized carbons (Fsp3) is 0.0882. The summed E-state index contributed by atoms with van der Waals surface area (Å²) in [6.45, 7) is 0. The summed E-state index contributed by atoms with van der Waals surface area (Å²) in [7, 11) is 0. The van der Waals surface area contributed by atoms with Crippen LogP contribution >= 0.6 is 0 Å². The quantitative estimate of drug-likeness (QED) is 0.299. The van der Waals surface area contributed by atoms with Crippen molar-refractivity contribution in [3.8, 4) is 11.8 Å². The van der Waals surface area contributed by atoms with Gasteiger partial charge >= 0.3 is 0 Å². The van der Waals surface area contributed by atoms with Crippen LogP contribution in [-0.2, 0) is 0 Å². The molecule has 0 aromatic heterocycles. The molecule has 2 aliphatic carbocycles. The first kappa shape index (κ1) is 21.5. The van der Waals surface area contributed by atoms with Crippen LogP contribution < -0.4 is 9.64 Å². The van der Waals surface area contributed by atoms with Crippen LogP contribution in [0.1, 0.15) is 34.6 Å². The van der Waals surface area contributed by atoms with Gasteiger partial charge in [-0.2, -0.15) is 5.26 Å². The Kier molecular flexibility index (Phi) is 5.04. The molecule has 0 bridgehead atoms. The number of fused-ring (bicyclic) bond motifs is 7. The van der Waals surface area contributed by atoms with Crippen molar-refractivity contribution < 1.29 is 4.74 Å². The molecule has 37 heavy (non-hydrogen) atoms. The van der Waals surface area contributed by atoms with Gasteiger partial charge in [0.2, 0.25) is 0 Å². The zero-order valence-corrected chi connectivity index (χ0v) is 20.2. The lowest BCUT2D eigenvalue weighted by Gasteiger charge is -2.29. The van der Waals surface area contributed by atoms with E-state index in [-0.39, 0.29) is 12.0 Å². The van der Waals surface area contributed by atoms with Gasteiger partial charge in [0.25, 0.3) is 0 Å². The van der Waals surface area contributed by atoms with E-state index in [9.17, 15) is 5.26 Å². The zero-order valence-electron chi connectivity index (χ0n) is 20.2. The molecule has 4 aromatic rings. The topological polar surface area (TPSA) is 36.3 Å². The summed E-state index contributed by atoms with van der Waals surface area (Å²) in [5.41, 5.74) is 7.63. The third-order valence-electron chi connectivity index (χ3n) is 7.46. The lowest BCUT2D eigenvalue weighted by Crippen LogP contribution is -2.20. The molecular formula is C34H24N2O. The van der Waals surface area contributed by atoms with Crippen molar-refractivity contribution in [3.05, 3.63) is 143 Å². The first-order valence-corrected chi connectivity index (χ1v) is 12.6. The van der Waals surface area contributed by atoms with E-state index in [4.69, 9.17) is 4.74 Å². The number of nitrogens with zero attached hydrogens (tertiary/aromatic N) is 2. The molecule has 0 N–H and O–H groups in total. The zero-order chi connectivity index (χ0) is 24.8. The van der Waals surface area contributed by atoms with Crippen LogP contribution in [0.15, 0.2) is 121 Å². The summed E-state index contributed by atoms with van der Waals surface area (Å²) in [6, 6.07) is 29.5. The maximum absolute atomic E-state index is 9.37. The maximum Gasteiger partial charge on any atom is 0.128 e. The van der Waals surface area contributed by atoms with E-state index in [1.165, 1.54) is 27.5 Å². The fourth-order valence-electron chi connectivity index (χ4n) is 5.81. The second-order valence-corrected chi connectivity index (χ2v) is 9.55. The van der Waals surface area contributed by atoms with Gasteiger partial charge in [-0.05, 0) is 59.4 Å². The summed E-state index contributed by atoms with van der Waals surface area (Å²) >= 11 is 0. The Morgan fingerprint density at radius 3 is 2.54 bits per heavy atom. The lowest BCUT2D eigenvalue weighted by atomic mass is 9.80. The molecule has 0 amide bonds. The predicted molar refractivity (Wildman–Crippen MR) is 150 cm³/mol. The van der Waals surface area contributed by atoms with Crippen LogP contribution in [0, 0.1) is 11.3 Å². The highest BCUT2D eigenvalue weighted by atomic mass is 16.5. The molecule has 1 aliphatic heterocycles. The number of benzene rings is 4. The molecule has 0 fully saturated rings. The second kappa shape index (κ2) is 8.69. The van der Waals surface area contributed by atoms with Gasteiger partial charge in [0.15, 0.2) is 0 Å². The Bertz CT molecular complexity index is 1700. The average Bonchev–Trinajstić information content (AvgIpc) is 3.13. The highest BCUT2D eigenvalue weighted by Gasteiger charge is 2.39. The van der Waals surface area contributed by atoms with Gasteiger partial charge in [-0.15, -0.1) is 0 Å². The number of anilines is 2. The van der Waals surface area contributed by atoms with Gasteiger partial charge in [-0.3, -0.25) is 0 Å². The molecule has 0 radical (unpaired) electrons. The Balaban J connectivity index is 1.47. The van der Waals surface area contributed by atoms with Gasteiger partial charge < -0.3 is 9.64 Å². The van der Waals surface area contributed by atoms with E-state index in [2.05, 4.69) is 108 Å². The standard InChI is InChI=1S/C34H24N2O/c35-22-23-15-18-26(19-16-23)36(25-10-3-1-2-4-11-25)30-21-32-34(29-14-8-7-13-28(29)30)33-27-12-6-5-9-24(27)17-20-31(33)37-32/h1-3,5-21,31,33H,4H2. The maximum atomic E-state index is 9.37. The van der Waals surface area contributed by atoms with Crippen molar-refractivity contribution in [2.45, 2.75) is 18.4 Å². The smallest absolute Gasteiger partial charge is 0.128 e. The molecule has 3 aliphatic rings. The van der Waals surface area contributed by atoms with Crippen LogP contribution in [0.3, 0.4) is 0 Å². The van der Waals surface area contributed by atoms with Crippen molar-refractivity contribution >= 4 is 28.2 Å². The van der Waals surface area contributed by atoms with Crippen molar-refractivity contribution in [3.63, 3.8) is 0 Å². The molecule has 4 aromatic carbocycles. The molecule has 3 heteroatoms. The van der Waals surface area contributed by atoms with Crippen molar-refractivity contribution in [1.29, 1.82) is 5.26 Å². The van der Waals surface area contributed by atoms with Crippen molar-refractivity contribution in [1.82, 2.24) is 0 Å². The number of allylic oxidation sites excluding steroid dienone is 5. The first-order valence-electron chi connectivity index (χ1n) is 12.6. The number of ether oxygens (including phenoxy) is 1. The van der Waals surface area contributed by atoms with E-state index >= 15 is 0 Å². The summed E-state index contributed by atoms with van der Waals surface area (Å²) in [5.74, 6) is 1.10. The molecule has 1 heterocycles. The minimum Gasteiger partial charge on any atom is -0.485 e. The monoisotopic (exact) mass is 476 g/mol. The van der Waals surface area contributed by atoms with Gasteiger partial charge in [0.1, 0.15) is 11.9 Å². The third-order valence-corrected chi connectivity index (χ3v) is 7.46. The molecule has 0 saturated heterocycles. The van der Waals surface area contributed by atoms with E-state index in [1.807, 2.05) is 24.3 Å². The SMILES string of the molecule is N#Cc1ccc(N(C2=CCC=CC=C2)c2cc3c(c4ccccc24)C2c4ccccc4C=CC2O3)cc1. The summed E-state index contributed by atoms with van der Waals surface area (Å²) in [5, 5.41) is 11.8. The first-order chi connectivity index (χ1) is 18.3. The summed E-state index contributed by atoms with van der Waals surface area (Å²) in [4.78, 5) is 2.28. The number of hydrogen-bond donors (Lipinski definition) is 0. The predicted octanol–water partition coefficient (Wildman–Crippen LogP) is 8.17. The Morgan fingerprint density at radius 2 is 1.68 bits per heavy atom. The lowest BCUT2D eigenvalue weighted by molar-refractivity contribution is 0.267. The normalized spacial score (nSPS) is 18.7. The highest BCUT2D eigenvalue weighted by Crippen LogP contribution is 2.52. The molecule has 0 saturated carbocycles. The van der Waals surface area contributed by atoms with Crippen LogP contribution in [-0.4, -0.2) is 6.10 Å². The van der Waals surface area contributed by atoms with Crippen LogP contribution in [0.25, 0.3) is 16.8 Å². The van der Waals surface area contributed by atoms with E-state index < -0.39 is 0 Å². The minimum absolute atomic E-state index is 0.0203. The van der Waals surface area contributed by atoms with E-state index in [1.54, 1.807) is 0 Å². The van der Waals surface area contributed by atoms with Gasteiger partial charge in [-0.25, -0.2) is 0 Å². The van der Waals surface area contributed by atoms with Crippen LogP contribution in [0.2, 0.25) is 0 Å². The van der Waals surface area contributed by atoms with Gasteiger partial charge in [0.05, 0.1) is 23.2 Å². The molecular weight excluding hydrogens is 452 g/mol. The van der Waals surface area contributed by atoms with Gasteiger partial charge in [-0.1, -0.05) is 78.9 Å². The van der Waals surface area contributed by atoms with Crippen LogP contribution in [0.4, 0.5) is 11.4 Å². The Morgan fingerprint density at radius 1 is 0.865 bits per heavy atom. The number of rotatable bonds is 3. The molecule has 0 spiro atoms. The minimum atomic E-state index is -0.0203. The Hall–Kier alpha value is -4.81. The fourth-order valence-corrected chi connectivity index (χ4v) is 5.81. The highest BCUT2D eigenvalue weighted by molar-refractivity contribution is 6.02. The third kappa shape index (κ3) is 3.50. The van der Waals surface area contributed by atoms with E-state index in [0.717, 1.165) is 29.2 Å². The van der Waals surface area contributed by atoms with Crippen molar-refractivity contribution in [2.24, 2.45) is 0 Å². The number of nitriles is 1. The molecule has 2 atom stereocenters. The summed E-state index contributed by atoms with van der Waals surface area (Å²) in [6.07, 6.45) is 15.9. The molecule has 176 valence electrons. The second-order valence-electron chi connectivity index (χ2n) is 9.55. The van der Waals surface area contributed by atoms with Gasteiger partial charge in [0, 0.05) is 28.4 Å². The molecule has 7 rings (SSSR count). The molecule has 2 unspecified atom stereocenters. The van der Waals surface area contributed by atoms with Crippen molar-refractivity contribution in [2.75, 3.05) is 4.90 Å². The van der Waals surface area contributed by atoms with Crippen LogP contribution in [0.5, 0.6) is 5.75 Å². The summed E-state index contributed by atoms with van der Waals surface area (Å²) < 4.78 is 6.64. The average molecular weight is 477 g/mol. The number of hydrogen-bond acceptors (Lipinski definition) is 3. The molecule has 3 nitrogen and oxygen atoms in total.